The topological polar surface area (TPSA) is 117 Å². The lowest BCUT2D eigenvalue weighted by atomic mass is 9.82. The monoisotopic (exact) mass is 381 g/mol. The van der Waals surface area contributed by atoms with E-state index in [2.05, 4.69) is 25.9 Å². The molecule has 1 amide bonds. The molecule has 1 fully saturated rings. The highest BCUT2D eigenvalue weighted by atomic mass is 35.5. The van der Waals surface area contributed by atoms with Crippen LogP contribution < -0.4 is 10.9 Å². The Morgan fingerprint density at radius 1 is 1.31 bits per heavy atom. The summed E-state index contributed by atoms with van der Waals surface area (Å²) >= 11 is 6.45. The van der Waals surface area contributed by atoms with Crippen LogP contribution in [0.1, 0.15) is 47.7 Å². The molecule has 26 heavy (non-hydrogen) atoms. The lowest BCUT2D eigenvalue weighted by Crippen LogP contribution is -2.32. The average Bonchev–Trinajstić information content (AvgIpc) is 3.03. The number of nitrogens with one attached hydrogen (secondary N) is 1. The first kappa shape index (κ1) is 18.5. The normalized spacial score (nSPS) is 20.2. The van der Waals surface area contributed by atoms with E-state index in [0.717, 1.165) is 23.9 Å². The van der Waals surface area contributed by atoms with Crippen LogP contribution >= 0.6 is 11.6 Å². The number of carbonyl (C=O) groups excluding carboxylic acids is 1. The minimum Gasteiger partial charge on any atom is -0.381 e. The molecular formula is C15H20ClN7O3. The van der Waals surface area contributed by atoms with Crippen LogP contribution in [0.25, 0.3) is 0 Å². The number of methoxy groups -OCH3 is 1. The Balaban J connectivity index is 1.97. The second kappa shape index (κ2) is 7.50. The molecule has 2 heterocycles. The Morgan fingerprint density at radius 3 is 2.73 bits per heavy atom. The molecular weight excluding hydrogens is 362 g/mol. The summed E-state index contributed by atoms with van der Waals surface area (Å²) in [5.74, 6) is -0.504. The van der Waals surface area contributed by atoms with E-state index in [1.165, 1.54) is 11.7 Å². The Morgan fingerprint density at radius 2 is 2.08 bits per heavy atom. The van der Waals surface area contributed by atoms with Crippen molar-refractivity contribution >= 4 is 23.5 Å². The molecule has 1 aliphatic rings. The predicted molar refractivity (Wildman–Crippen MR) is 93.2 cm³/mol. The van der Waals surface area contributed by atoms with Crippen LogP contribution in [0.5, 0.6) is 0 Å². The van der Waals surface area contributed by atoms with Gasteiger partial charge in [0.25, 0.3) is 11.5 Å². The van der Waals surface area contributed by atoms with Crippen molar-refractivity contribution in [2.75, 3.05) is 12.4 Å². The molecule has 0 spiro atoms. The fourth-order valence-electron chi connectivity index (χ4n) is 3.25. The quantitative estimate of drug-likeness (QED) is 0.835. The molecule has 11 heteroatoms. The van der Waals surface area contributed by atoms with Crippen molar-refractivity contribution in [1.29, 1.82) is 0 Å². The average molecular weight is 382 g/mol. The van der Waals surface area contributed by atoms with Gasteiger partial charge in [0.2, 0.25) is 5.95 Å². The predicted octanol–water partition coefficient (Wildman–Crippen LogP) is 0.882. The third kappa shape index (κ3) is 3.47. The maximum Gasteiger partial charge on any atom is 0.280 e. The fourth-order valence-corrected chi connectivity index (χ4v) is 3.61. The van der Waals surface area contributed by atoms with Crippen LogP contribution in [0.4, 0.5) is 5.95 Å². The van der Waals surface area contributed by atoms with Gasteiger partial charge in [-0.3, -0.25) is 14.9 Å². The lowest BCUT2D eigenvalue weighted by molar-refractivity contribution is 0.0633. The van der Waals surface area contributed by atoms with E-state index < -0.39 is 5.91 Å². The molecule has 1 aliphatic carbocycles. The zero-order valence-electron chi connectivity index (χ0n) is 14.8. The molecule has 140 valence electrons. The number of halogens is 1. The Kier molecular flexibility index (Phi) is 5.33. The number of rotatable bonds is 4. The van der Waals surface area contributed by atoms with Gasteiger partial charge in [-0.1, -0.05) is 23.1 Å². The molecule has 2 atom stereocenters. The minimum absolute atomic E-state index is 0.0358. The molecule has 0 radical (unpaired) electrons. The molecule has 0 bridgehead atoms. The first-order valence-corrected chi connectivity index (χ1v) is 8.63. The van der Waals surface area contributed by atoms with E-state index in [4.69, 9.17) is 16.3 Å². The molecule has 2 aromatic heterocycles. The standard InChI is InChI=1S/C15H20ClN7O3/c1-22-14(25)10(8-5-4-6-9(7-8)26-3)11(16)12(19-22)13(24)17-15-18-20-21-23(15)2/h8-9H,4-7H2,1-3H3,(H,17,18,21,24). The second-order valence-corrected chi connectivity index (χ2v) is 6.68. The highest BCUT2D eigenvalue weighted by molar-refractivity contribution is 6.34. The van der Waals surface area contributed by atoms with Crippen molar-refractivity contribution < 1.29 is 9.53 Å². The van der Waals surface area contributed by atoms with Crippen LogP contribution in [0, 0.1) is 0 Å². The van der Waals surface area contributed by atoms with Gasteiger partial charge in [-0.05, 0) is 35.6 Å². The van der Waals surface area contributed by atoms with Gasteiger partial charge in [0.1, 0.15) is 0 Å². The number of anilines is 1. The molecule has 2 aromatic rings. The summed E-state index contributed by atoms with van der Waals surface area (Å²) in [6.07, 6.45) is 3.45. The Bertz CT molecular complexity index is 879. The lowest BCUT2D eigenvalue weighted by Gasteiger charge is -2.28. The van der Waals surface area contributed by atoms with Gasteiger partial charge in [-0.25, -0.2) is 9.36 Å². The third-order valence-corrected chi connectivity index (χ3v) is 5.03. The van der Waals surface area contributed by atoms with Crippen molar-refractivity contribution in [1.82, 2.24) is 30.0 Å². The zero-order chi connectivity index (χ0) is 18.8. The van der Waals surface area contributed by atoms with Gasteiger partial charge < -0.3 is 4.74 Å². The number of amides is 1. The van der Waals surface area contributed by atoms with Crippen molar-refractivity contribution in [3.8, 4) is 0 Å². The summed E-state index contributed by atoms with van der Waals surface area (Å²) in [6.45, 7) is 0. The summed E-state index contributed by atoms with van der Waals surface area (Å²) in [5, 5.41) is 17.4. The molecule has 0 aromatic carbocycles. The highest BCUT2D eigenvalue weighted by Gasteiger charge is 2.30. The van der Waals surface area contributed by atoms with Crippen LogP contribution in [-0.4, -0.2) is 49.1 Å². The highest BCUT2D eigenvalue weighted by Crippen LogP contribution is 2.36. The van der Waals surface area contributed by atoms with Gasteiger partial charge >= 0.3 is 0 Å². The number of nitrogens with zero attached hydrogens (tertiary/aromatic N) is 6. The van der Waals surface area contributed by atoms with E-state index in [1.54, 1.807) is 14.2 Å². The largest absolute Gasteiger partial charge is 0.381 e. The van der Waals surface area contributed by atoms with Crippen molar-refractivity contribution in [3.63, 3.8) is 0 Å². The van der Waals surface area contributed by atoms with Crippen LogP contribution in [0.15, 0.2) is 4.79 Å². The zero-order valence-corrected chi connectivity index (χ0v) is 15.5. The summed E-state index contributed by atoms with van der Waals surface area (Å²) in [6, 6.07) is 0. The number of aryl methyl sites for hydroxylation is 2. The number of tetrazole rings is 1. The first-order valence-electron chi connectivity index (χ1n) is 8.25. The Labute approximate surface area is 154 Å². The van der Waals surface area contributed by atoms with Crippen LogP contribution in [-0.2, 0) is 18.8 Å². The number of aromatic nitrogens is 6. The van der Waals surface area contributed by atoms with Crippen molar-refractivity contribution in [2.45, 2.75) is 37.7 Å². The second-order valence-electron chi connectivity index (χ2n) is 6.31. The van der Waals surface area contributed by atoms with Gasteiger partial charge in [-0.2, -0.15) is 5.10 Å². The van der Waals surface area contributed by atoms with Crippen LogP contribution in [0.2, 0.25) is 5.02 Å². The molecule has 0 saturated heterocycles. The maximum atomic E-state index is 12.6. The molecule has 1 saturated carbocycles. The minimum atomic E-state index is -0.580. The summed E-state index contributed by atoms with van der Waals surface area (Å²) in [7, 11) is 4.75. The smallest absolute Gasteiger partial charge is 0.280 e. The van der Waals surface area contributed by atoms with Gasteiger partial charge in [0.05, 0.1) is 11.1 Å². The molecule has 0 aliphatic heterocycles. The summed E-state index contributed by atoms with van der Waals surface area (Å²) < 4.78 is 7.89. The van der Waals surface area contributed by atoms with Crippen molar-refractivity contribution in [2.24, 2.45) is 14.1 Å². The number of hydrogen-bond donors (Lipinski definition) is 1. The van der Waals surface area contributed by atoms with Gasteiger partial charge in [0.15, 0.2) is 5.69 Å². The first-order chi connectivity index (χ1) is 12.4. The summed E-state index contributed by atoms with van der Waals surface area (Å²) in [5.41, 5.74) is 0.0760. The SMILES string of the molecule is COC1CCCC(c2c(Cl)c(C(=O)Nc3nnnn3C)nn(C)c2=O)C1. The van der Waals surface area contributed by atoms with E-state index >= 15 is 0 Å². The van der Waals surface area contributed by atoms with E-state index in [9.17, 15) is 9.59 Å². The van der Waals surface area contributed by atoms with E-state index in [0.29, 0.717) is 12.0 Å². The number of ether oxygens (including phenoxy) is 1. The van der Waals surface area contributed by atoms with Gasteiger partial charge in [-0.15, -0.1) is 0 Å². The number of carbonyl (C=O) groups is 1. The Hall–Kier alpha value is -2.33. The fraction of sp³-hybridized carbons (Fsp3) is 0.600. The van der Waals surface area contributed by atoms with E-state index in [1.807, 2.05) is 0 Å². The molecule has 3 rings (SSSR count). The van der Waals surface area contributed by atoms with Crippen LogP contribution in [0.3, 0.4) is 0 Å². The van der Waals surface area contributed by atoms with Gasteiger partial charge in [0, 0.05) is 26.8 Å². The van der Waals surface area contributed by atoms with Crippen molar-refractivity contribution in [3.05, 3.63) is 26.6 Å². The summed E-state index contributed by atoms with van der Waals surface area (Å²) in [4.78, 5) is 25.2. The number of hydrogen-bond acceptors (Lipinski definition) is 7. The van der Waals surface area contributed by atoms with E-state index in [-0.39, 0.29) is 34.2 Å². The maximum absolute atomic E-state index is 12.6. The molecule has 2 unspecified atom stereocenters. The third-order valence-electron chi connectivity index (χ3n) is 4.65. The molecule has 1 N–H and O–H groups in total. The molecule has 10 nitrogen and oxygen atoms in total.